The molecule has 1 aromatic rings. The molecule has 0 unspecified atom stereocenters. The van der Waals surface area contributed by atoms with Gasteiger partial charge in [0.15, 0.2) is 0 Å². The highest BCUT2D eigenvalue weighted by molar-refractivity contribution is 5.88. The highest BCUT2D eigenvalue weighted by atomic mass is 16.1. The molecule has 0 aliphatic heterocycles. The number of carbonyl (C=O) groups excluding carboxylic acids is 1. The van der Waals surface area contributed by atoms with Gasteiger partial charge in [0, 0.05) is 12.6 Å². The van der Waals surface area contributed by atoms with E-state index in [0.717, 1.165) is 12.0 Å². The van der Waals surface area contributed by atoms with Crippen LogP contribution in [0.15, 0.2) is 48.7 Å². The maximum Gasteiger partial charge on any atom is 0.247 e. The van der Waals surface area contributed by atoms with Crippen LogP contribution in [0.3, 0.4) is 0 Å². The normalized spacial score (nSPS) is 9.65. The Bertz CT molecular complexity index is 589. The number of rotatable bonds is 5. The summed E-state index contributed by atoms with van der Waals surface area (Å²) in [6.45, 7) is 1.75. The lowest BCUT2D eigenvalue weighted by molar-refractivity contribution is -0.115. The second-order valence-electron chi connectivity index (χ2n) is 3.87. The third-order valence-electron chi connectivity index (χ3n) is 2.28. The second-order valence-corrected chi connectivity index (χ2v) is 3.87. The molecule has 0 saturated heterocycles. The van der Waals surface area contributed by atoms with Crippen molar-refractivity contribution < 1.29 is 4.79 Å². The van der Waals surface area contributed by atoms with Gasteiger partial charge in [-0.2, -0.15) is 0 Å². The summed E-state index contributed by atoms with van der Waals surface area (Å²) in [5.41, 5.74) is 1.05. The average molecular weight is 263 g/mol. The summed E-state index contributed by atoms with van der Waals surface area (Å²) in [5.74, 6) is 10.9. The van der Waals surface area contributed by atoms with Gasteiger partial charge in [-0.05, 0) is 42.9 Å². The van der Waals surface area contributed by atoms with Gasteiger partial charge in [-0.15, -0.1) is 0 Å². The van der Waals surface area contributed by atoms with Crippen LogP contribution in [0.25, 0.3) is 6.08 Å². The fraction of sp³-hybridized carbons (Fsp3) is 0.167. The minimum absolute atomic E-state index is 0.140. The van der Waals surface area contributed by atoms with Crippen LogP contribution < -0.4 is 5.32 Å². The van der Waals surface area contributed by atoms with Crippen molar-refractivity contribution in [3.8, 4) is 23.7 Å². The Morgan fingerprint density at radius 3 is 2.80 bits per heavy atom. The minimum atomic E-state index is -0.140. The van der Waals surface area contributed by atoms with E-state index in [-0.39, 0.29) is 5.91 Å². The van der Waals surface area contributed by atoms with Crippen molar-refractivity contribution in [3.63, 3.8) is 0 Å². The fourth-order valence-electron chi connectivity index (χ4n) is 1.35. The fourth-order valence-corrected chi connectivity index (χ4v) is 1.35. The van der Waals surface area contributed by atoms with Crippen LogP contribution in [0.1, 0.15) is 25.3 Å². The summed E-state index contributed by atoms with van der Waals surface area (Å²) in [6.07, 6.45) is 8.26. The lowest BCUT2D eigenvalue weighted by atomic mass is 10.2. The number of amides is 1. The highest BCUT2D eigenvalue weighted by Gasteiger charge is 1.89. The molecule has 0 heterocycles. The monoisotopic (exact) mass is 263 g/mol. The van der Waals surface area contributed by atoms with Gasteiger partial charge >= 0.3 is 0 Å². The zero-order chi connectivity index (χ0) is 14.5. The van der Waals surface area contributed by atoms with E-state index in [0.29, 0.717) is 6.42 Å². The Balaban J connectivity index is 2.25. The maximum atomic E-state index is 11.5. The molecule has 1 aromatic carbocycles. The quantitative estimate of drug-likeness (QED) is 0.493. The number of allylic oxidation sites excluding steroid dienone is 1. The van der Waals surface area contributed by atoms with Gasteiger partial charge in [0.05, 0.1) is 0 Å². The van der Waals surface area contributed by atoms with Crippen LogP contribution in [0.4, 0.5) is 0 Å². The molecule has 2 nitrogen and oxygen atoms in total. The molecular formula is C18H17NO. The number of unbranched alkanes of at least 4 members (excludes halogenated alkanes) is 1. The van der Waals surface area contributed by atoms with Crippen LogP contribution >= 0.6 is 0 Å². The number of hydrogen-bond acceptors (Lipinski definition) is 1. The summed E-state index contributed by atoms with van der Waals surface area (Å²) >= 11 is 0. The molecule has 0 spiro atoms. The maximum absolute atomic E-state index is 11.5. The zero-order valence-electron chi connectivity index (χ0n) is 11.5. The summed E-state index contributed by atoms with van der Waals surface area (Å²) in [4.78, 5) is 11.5. The first-order valence-electron chi connectivity index (χ1n) is 6.41. The van der Waals surface area contributed by atoms with E-state index in [9.17, 15) is 4.79 Å². The molecule has 0 atom stereocenters. The Morgan fingerprint density at radius 2 is 2.05 bits per heavy atom. The van der Waals surface area contributed by atoms with E-state index in [4.69, 9.17) is 0 Å². The predicted octanol–water partition coefficient (Wildman–Crippen LogP) is 3.14. The first-order valence-corrected chi connectivity index (χ1v) is 6.41. The predicted molar refractivity (Wildman–Crippen MR) is 83.2 cm³/mol. The van der Waals surface area contributed by atoms with Gasteiger partial charge < -0.3 is 5.32 Å². The topological polar surface area (TPSA) is 29.1 Å². The lowest BCUT2D eigenvalue weighted by Gasteiger charge is -1.94. The van der Waals surface area contributed by atoms with Crippen molar-refractivity contribution in [2.45, 2.75) is 19.8 Å². The average Bonchev–Trinajstić information content (AvgIpc) is 2.47. The summed E-state index contributed by atoms with van der Waals surface area (Å²) in [7, 11) is 0. The molecule has 0 aliphatic rings. The zero-order valence-corrected chi connectivity index (χ0v) is 11.5. The van der Waals surface area contributed by atoms with Crippen molar-refractivity contribution in [3.05, 3.63) is 54.2 Å². The molecule has 1 N–H and O–H groups in total. The molecule has 0 fully saturated rings. The van der Waals surface area contributed by atoms with Gasteiger partial charge in [-0.25, -0.2) is 0 Å². The van der Waals surface area contributed by atoms with Crippen molar-refractivity contribution in [2.24, 2.45) is 0 Å². The van der Waals surface area contributed by atoms with Crippen molar-refractivity contribution >= 4 is 12.0 Å². The molecule has 0 aliphatic carbocycles. The Labute approximate surface area is 120 Å². The Hall–Kier alpha value is -2.71. The van der Waals surface area contributed by atoms with Gasteiger partial charge in [0.25, 0.3) is 0 Å². The summed E-state index contributed by atoms with van der Waals surface area (Å²) in [5, 5.41) is 2.68. The van der Waals surface area contributed by atoms with Crippen LogP contribution in [0.5, 0.6) is 0 Å². The molecule has 0 bridgehead atoms. The number of hydrogen-bond donors (Lipinski definition) is 1. The Kier molecular flexibility index (Phi) is 7.85. The van der Waals surface area contributed by atoms with E-state index in [1.807, 2.05) is 36.4 Å². The minimum Gasteiger partial charge on any atom is -0.329 e. The molecule has 1 amide bonds. The van der Waals surface area contributed by atoms with Crippen molar-refractivity contribution in [1.29, 1.82) is 0 Å². The molecule has 20 heavy (non-hydrogen) atoms. The van der Waals surface area contributed by atoms with E-state index in [1.165, 1.54) is 6.08 Å². The lowest BCUT2D eigenvalue weighted by Crippen LogP contribution is -2.13. The first kappa shape index (κ1) is 15.3. The van der Waals surface area contributed by atoms with Crippen LogP contribution in [-0.2, 0) is 4.79 Å². The third kappa shape index (κ3) is 7.58. The summed E-state index contributed by atoms with van der Waals surface area (Å²) < 4.78 is 0. The molecule has 0 saturated carbocycles. The van der Waals surface area contributed by atoms with E-state index >= 15 is 0 Å². The molecule has 2 heteroatoms. The standard InChI is InChI=1S/C18H17NO/c1-2-3-4-5-6-7-11-14-18(20)19-16-15-17-12-9-8-10-13-17/h8-16H,6-7H2,1H3,(H,19,20). The van der Waals surface area contributed by atoms with Crippen LogP contribution in [0.2, 0.25) is 0 Å². The van der Waals surface area contributed by atoms with E-state index in [1.54, 1.807) is 19.2 Å². The van der Waals surface area contributed by atoms with E-state index in [2.05, 4.69) is 29.0 Å². The van der Waals surface area contributed by atoms with Gasteiger partial charge in [0.1, 0.15) is 0 Å². The smallest absolute Gasteiger partial charge is 0.247 e. The molecule has 1 rings (SSSR count). The van der Waals surface area contributed by atoms with Gasteiger partial charge in [-0.3, -0.25) is 4.79 Å². The second kappa shape index (κ2) is 10.2. The first-order chi connectivity index (χ1) is 9.83. The molecule has 0 aromatic heterocycles. The molecular weight excluding hydrogens is 246 g/mol. The number of nitrogens with one attached hydrogen (secondary N) is 1. The van der Waals surface area contributed by atoms with E-state index < -0.39 is 0 Å². The van der Waals surface area contributed by atoms with Gasteiger partial charge in [0.2, 0.25) is 5.91 Å². The Morgan fingerprint density at radius 1 is 1.25 bits per heavy atom. The van der Waals surface area contributed by atoms with Crippen LogP contribution in [-0.4, -0.2) is 5.91 Å². The van der Waals surface area contributed by atoms with Crippen LogP contribution in [0, 0.1) is 23.7 Å². The third-order valence-corrected chi connectivity index (χ3v) is 2.28. The van der Waals surface area contributed by atoms with Crippen molar-refractivity contribution in [1.82, 2.24) is 5.32 Å². The van der Waals surface area contributed by atoms with Crippen molar-refractivity contribution in [2.75, 3.05) is 0 Å². The molecule has 0 radical (unpaired) electrons. The largest absolute Gasteiger partial charge is 0.329 e. The highest BCUT2D eigenvalue weighted by Crippen LogP contribution is 1.99. The summed E-state index contributed by atoms with van der Waals surface area (Å²) in [6, 6.07) is 9.79. The number of benzene rings is 1. The SMILES string of the molecule is CC#CC#CCCC=CC(=O)NC=Cc1ccccc1. The number of carbonyl (C=O) groups is 1. The molecule has 100 valence electrons. The van der Waals surface area contributed by atoms with Gasteiger partial charge in [-0.1, -0.05) is 48.2 Å².